The van der Waals surface area contributed by atoms with Crippen molar-refractivity contribution < 1.29 is 27.1 Å². The number of hydrogen-bond donors (Lipinski definition) is 2. The molecule has 27 heavy (non-hydrogen) atoms. The Kier molecular flexibility index (Phi) is 7.69. The zero-order chi connectivity index (χ0) is 19.9. The number of nitrogens with zero attached hydrogens (tertiary/aromatic N) is 1. The lowest BCUT2D eigenvalue weighted by Gasteiger charge is -2.26. The molecule has 0 saturated carbocycles. The van der Waals surface area contributed by atoms with E-state index in [1.807, 2.05) is 6.92 Å². The first kappa shape index (κ1) is 21.3. The minimum atomic E-state index is -4.02. The summed E-state index contributed by atoms with van der Waals surface area (Å²) in [4.78, 5) is 23.0. The van der Waals surface area contributed by atoms with Gasteiger partial charge in [-0.05, 0) is 24.6 Å². The van der Waals surface area contributed by atoms with Crippen molar-refractivity contribution in [3.63, 3.8) is 0 Å². The molecule has 2 N–H and O–H groups in total. The van der Waals surface area contributed by atoms with Crippen molar-refractivity contribution in [1.29, 1.82) is 0 Å². The van der Waals surface area contributed by atoms with Crippen LogP contribution in [0.3, 0.4) is 0 Å². The first-order valence-corrected chi connectivity index (χ1v) is 10.2. The van der Waals surface area contributed by atoms with Gasteiger partial charge in [0.05, 0.1) is 13.2 Å². The Morgan fingerprint density at radius 3 is 2.52 bits per heavy atom. The second-order valence-corrected chi connectivity index (χ2v) is 7.97. The quantitative estimate of drug-likeness (QED) is 0.679. The van der Waals surface area contributed by atoms with Crippen LogP contribution in [0, 0.1) is 5.82 Å². The number of anilines is 1. The number of carbonyl (C=O) groups excluding carboxylic acids is 2. The molecule has 0 aliphatic carbocycles. The fourth-order valence-corrected chi connectivity index (χ4v) is 4.01. The second-order valence-electron chi connectivity index (χ2n) is 6.06. The Labute approximate surface area is 158 Å². The Morgan fingerprint density at radius 2 is 1.85 bits per heavy atom. The molecule has 0 atom stereocenters. The normalized spacial score (nSPS) is 15.3. The van der Waals surface area contributed by atoms with Crippen LogP contribution in [0.2, 0.25) is 0 Å². The highest BCUT2D eigenvalue weighted by atomic mass is 32.2. The largest absolute Gasteiger partial charge is 0.379 e. The summed E-state index contributed by atoms with van der Waals surface area (Å²) in [6.07, 6.45) is 0.762. The Balaban J connectivity index is 2.04. The SMILES string of the molecule is CCCNC(=O)CCC(=O)Nc1ccc(F)c(S(=O)(=O)N2CCOCC2)c1. The highest BCUT2D eigenvalue weighted by Gasteiger charge is 2.29. The highest BCUT2D eigenvalue weighted by molar-refractivity contribution is 7.89. The zero-order valence-corrected chi connectivity index (χ0v) is 16.0. The molecular formula is C17H24FN3O5S. The van der Waals surface area contributed by atoms with Gasteiger partial charge in [0, 0.05) is 38.2 Å². The summed E-state index contributed by atoms with van der Waals surface area (Å²) in [6, 6.07) is 3.37. The summed E-state index contributed by atoms with van der Waals surface area (Å²) in [6.45, 7) is 3.25. The molecule has 10 heteroatoms. The predicted molar refractivity (Wildman–Crippen MR) is 97.1 cm³/mol. The molecule has 1 aliphatic heterocycles. The fraction of sp³-hybridized carbons (Fsp3) is 0.529. The summed E-state index contributed by atoms with van der Waals surface area (Å²) in [5.41, 5.74) is 0.155. The Hall–Kier alpha value is -2.04. The van der Waals surface area contributed by atoms with E-state index in [9.17, 15) is 22.4 Å². The van der Waals surface area contributed by atoms with Crippen LogP contribution < -0.4 is 10.6 Å². The summed E-state index contributed by atoms with van der Waals surface area (Å²) < 4.78 is 45.6. The average molecular weight is 401 g/mol. The van der Waals surface area contributed by atoms with E-state index in [4.69, 9.17) is 4.74 Å². The molecule has 1 aromatic rings. The summed E-state index contributed by atoms with van der Waals surface area (Å²) in [5.74, 6) is -1.58. The molecular weight excluding hydrogens is 377 g/mol. The van der Waals surface area contributed by atoms with E-state index in [2.05, 4.69) is 10.6 Å². The molecule has 0 radical (unpaired) electrons. The van der Waals surface area contributed by atoms with Crippen molar-refractivity contribution in [3.8, 4) is 0 Å². The molecule has 0 spiro atoms. The van der Waals surface area contributed by atoms with Crippen LogP contribution in [0.4, 0.5) is 10.1 Å². The van der Waals surface area contributed by atoms with Crippen molar-refractivity contribution in [2.75, 3.05) is 38.2 Å². The van der Waals surface area contributed by atoms with E-state index in [1.165, 1.54) is 6.07 Å². The molecule has 0 unspecified atom stereocenters. The monoisotopic (exact) mass is 401 g/mol. The number of amides is 2. The molecule has 1 heterocycles. The topological polar surface area (TPSA) is 105 Å². The summed E-state index contributed by atoms with van der Waals surface area (Å²) in [5, 5.41) is 5.16. The van der Waals surface area contributed by atoms with Gasteiger partial charge >= 0.3 is 0 Å². The number of hydrogen-bond acceptors (Lipinski definition) is 5. The van der Waals surface area contributed by atoms with Crippen LogP contribution in [0.25, 0.3) is 0 Å². The highest BCUT2D eigenvalue weighted by Crippen LogP contribution is 2.24. The lowest BCUT2D eigenvalue weighted by molar-refractivity contribution is -0.124. The summed E-state index contributed by atoms with van der Waals surface area (Å²) in [7, 11) is -4.02. The maximum atomic E-state index is 14.1. The van der Waals surface area contributed by atoms with Crippen molar-refractivity contribution in [2.24, 2.45) is 0 Å². The first-order valence-electron chi connectivity index (χ1n) is 8.78. The lowest BCUT2D eigenvalue weighted by atomic mass is 10.2. The van der Waals surface area contributed by atoms with Crippen molar-refractivity contribution in [1.82, 2.24) is 9.62 Å². The van der Waals surface area contributed by atoms with Crippen LogP contribution in [-0.2, 0) is 24.3 Å². The van der Waals surface area contributed by atoms with E-state index in [-0.39, 0.29) is 50.7 Å². The van der Waals surface area contributed by atoms with Crippen LogP contribution in [-0.4, -0.2) is 57.4 Å². The molecule has 150 valence electrons. The third-order valence-corrected chi connectivity index (χ3v) is 5.87. The van der Waals surface area contributed by atoms with E-state index in [0.717, 1.165) is 22.9 Å². The van der Waals surface area contributed by atoms with Gasteiger partial charge in [-0.25, -0.2) is 12.8 Å². The smallest absolute Gasteiger partial charge is 0.246 e. The minimum Gasteiger partial charge on any atom is -0.379 e. The van der Waals surface area contributed by atoms with Crippen molar-refractivity contribution in [2.45, 2.75) is 31.1 Å². The molecule has 1 aliphatic rings. The van der Waals surface area contributed by atoms with Gasteiger partial charge < -0.3 is 15.4 Å². The summed E-state index contributed by atoms with van der Waals surface area (Å²) >= 11 is 0. The molecule has 2 rings (SSSR count). The number of rotatable bonds is 8. The van der Waals surface area contributed by atoms with Gasteiger partial charge in [0.15, 0.2) is 0 Å². The van der Waals surface area contributed by atoms with Gasteiger partial charge in [-0.1, -0.05) is 6.92 Å². The van der Waals surface area contributed by atoms with Gasteiger partial charge in [-0.15, -0.1) is 0 Å². The van der Waals surface area contributed by atoms with E-state index in [1.54, 1.807) is 0 Å². The van der Waals surface area contributed by atoms with Gasteiger partial charge in [0.1, 0.15) is 10.7 Å². The fourth-order valence-electron chi connectivity index (χ4n) is 2.51. The van der Waals surface area contributed by atoms with E-state index >= 15 is 0 Å². The van der Waals surface area contributed by atoms with Crippen LogP contribution in [0.1, 0.15) is 26.2 Å². The third-order valence-electron chi connectivity index (χ3n) is 3.95. The second kappa shape index (κ2) is 9.77. The van der Waals surface area contributed by atoms with Crippen LogP contribution in [0.5, 0.6) is 0 Å². The van der Waals surface area contributed by atoms with E-state index < -0.39 is 26.6 Å². The van der Waals surface area contributed by atoms with Gasteiger partial charge in [-0.3, -0.25) is 9.59 Å². The zero-order valence-electron chi connectivity index (χ0n) is 15.2. The van der Waals surface area contributed by atoms with Gasteiger partial charge in [0.2, 0.25) is 21.8 Å². The average Bonchev–Trinajstić information content (AvgIpc) is 2.66. The predicted octanol–water partition coefficient (Wildman–Crippen LogP) is 1.09. The molecule has 1 aromatic carbocycles. The van der Waals surface area contributed by atoms with Crippen LogP contribution >= 0.6 is 0 Å². The molecule has 2 amide bonds. The van der Waals surface area contributed by atoms with Crippen LogP contribution in [0.15, 0.2) is 23.1 Å². The molecule has 1 saturated heterocycles. The Bertz CT molecular complexity index is 779. The number of nitrogens with one attached hydrogen (secondary N) is 2. The standard InChI is InChI=1S/C17H24FN3O5S/c1-2-7-19-16(22)5-6-17(23)20-13-3-4-14(18)15(12-13)27(24,25)21-8-10-26-11-9-21/h3-4,12H,2,5-11H2,1H3,(H,19,22)(H,20,23). The molecule has 8 nitrogen and oxygen atoms in total. The third kappa shape index (κ3) is 5.98. The number of carbonyl (C=O) groups is 2. The molecule has 0 aromatic heterocycles. The van der Waals surface area contributed by atoms with Gasteiger partial charge in [-0.2, -0.15) is 4.31 Å². The van der Waals surface area contributed by atoms with Gasteiger partial charge in [0.25, 0.3) is 0 Å². The maximum Gasteiger partial charge on any atom is 0.246 e. The number of halogens is 1. The van der Waals surface area contributed by atoms with E-state index in [0.29, 0.717) is 6.54 Å². The maximum absolute atomic E-state index is 14.1. The number of morpholine rings is 1. The van der Waals surface area contributed by atoms with Crippen molar-refractivity contribution in [3.05, 3.63) is 24.0 Å². The first-order chi connectivity index (χ1) is 12.8. The van der Waals surface area contributed by atoms with Crippen molar-refractivity contribution >= 4 is 27.5 Å². The minimum absolute atomic E-state index is 0.0198. The number of ether oxygens (including phenoxy) is 1. The lowest BCUT2D eigenvalue weighted by Crippen LogP contribution is -2.40. The molecule has 1 fully saturated rings. The molecule has 0 bridgehead atoms. The Morgan fingerprint density at radius 1 is 1.19 bits per heavy atom. The number of benzene rings is 1. The number of sulfonamides is 1.